The zero-order valence-corrected chi connectivity index (χ0v) is 16.4. The fourth-order valence-corrected chi connectivity index (χ4v) is 3.73. The first-order chi connectivity index (χ1) is 12.9. The number of thioether (sulfide) groups is 1. The minimum Gasteiger partial charge on any atom is -0.461 e. The van der Waals surface area contributed by atoms with Crippen LogP contribution in [0.1, 0.15) is 25.2 Å². The Hall–Kier alpha value is -2.73. The van der Waals surface area contributed by atoms with Gasteiger partial charge in [-0.25, -0.2) is 0 Å². The predicted molar refractivity (Wildman–Crippen MR) is 109 cm³/mol. The summed E-state index contributed by atoms with van der Waals surface area (Å²) in [5, 5.41) is 6.52. The summed E-state index contributed by atoms with van der Waals surface area (Å²) in [6.07, 6.45) is 0. The molecule has 140 valence electrons. The van der Waals surface area contributed by atoms with Gasteiger partial charge >= 0.3 is 0 Å². The molecule has 2 amide bonds. The summed E-state index contributed by atoms with van der Waals surface area (Å²) in [5.41, 5.74) is 2.59. The first kappa shape index (κ1) is 19.0. The zero-order chi connectivity index (χ0) is 19.4. The van der Waals surface area contributed by atoms with Crippen LogP contribution >= 0.6 is 11.8 Å². The third-order valence-electron chi connectivity index (χ3n) is 4.20. The van der Waals surface area contributed by atoms with Gasteiger partial charge in [0.25, 0.3) is 0 Å². The van der Waals surface area contributed by atoms with Crippen molar-refractivity contribution < 1.29 is 14.0 Å². The summed E-state index contributed by atoms with van der Waals surface area (Å²) < 4.78 is 5.74. The number of hydrogen-bond acceptors (Lipinski definition) is 4. The van der Waals surface area contributed by atoms with E-state index in [1.54, 1.807) is 0 Å². The fourth-order valence-electron chi connectivity index (χ4n) is 2.84. The molecule has 27 heavy (non-hydrogen) atoms. The van der Waals surface area contributed by atoms with Gasteiger partial charge in [-0.05, 0) is 44.2 Å². The number of amides is 2. The van der Waals surface area contributed by atoms with Crippen molar-refractivity contribution in [3.63, 3.8) is 0 Å². The van der Waals surface area contributed by atoms with E-state index in [1.807, 2.05) is 62.4 Å². The predicted octanol–water partition coefficient (Wildman–Crippen LogP) is 4.50. The lowest BCUT2D eigenvalue weighted by atomic mass is 10.1. The first-order valence-electron chi connectivity index (χ1n) is 8.73. The van der Waals surface area contributed by atoms with Crippen molar-refractivity contribution in [1.82, 2.24) is 5.32 Å². The summed E-state index contributed by atoms with van der Waals surface area (Å²) in [6.45, 7) is 5.70. The lowest BCUT2D eigenvalue weighted by Crippen LogP contribution is -2.30. The van der Waals surface area contributed by atoms with Crippen LogP contribution in [0.25, 0.3) is 11.0 Å². The Morgan fingerprint density at radius 1 is 1.11 bits per heavy atom. The van der Waals surface area contributed by atoms with Crippen molar-refractivity contribution in [1.29, 1.82) is 0 Å². The Balaban J connectivity index is 1.59. The van der Waals surface area contributed by atoms with Crippen LogP contribution in [0.15, 0.2) is 57.8 Å². The molecule has 0 radical (unpaired) electrons. The van der Waals surface area contributed by atoms with Crippen LogP contribution in [0.4, 0.5) is 5.69 Å². The molecule has 3 aromatic rings. The monoisotopic (exact) mass is 382 g/mol. The minimum absolute atomic E-state index is 0.0318. The molecule has 0 aliphatic carbocycles. The molecule has 0 saturated heterocycles. The molecule has 6 heteroatoms. The molecule has 1 heterocycles. The Morgan fingerprint density at radius 3 is 2.52 bits per heavy atom. The molecule has 0 bridgehead atoms. The van der Waals surface area contributed by atoms with E-state index in [0.29, 0.717) is 6.54 Å². The van der Waals surface area contributed by atoms with Crippen molar-refractivity contribution in [3.8, 4) is 0 Å². The molecule has 2 aromatic carbocycles. The lowest BCUT2D eigenvalue weighted by molar-refractivity contribution is -0.120. The molecule has 1 aromatic heterocycles. The summed E-state index contributed by atoms with van der Waals surface area (Å²) in [4.78, 5) is 24.5. The van der Waals surface area contributed by atoms with Crippen LogP contribution in [0.5, 0.6) is 0 Å². The standard InChI is InChI=1S/C21H22N2O3S/c1-13-19(18-6-4-5-7-20(18)26-13)12-22-21(25)14(2)27-17-10-8-16(9-11-17)23-15(3)24/h4-11,14H,12H2,1-3H3,(H,22,25)(H,23,24). The third-order valence-corrected chi connectivity index (χ3v) is 5.31. The highest BCUT2D eigenvalue weighted by Crippen LogP contribution is 2.27. The van der Waals surface area contributed by atoms with Gasteiger partial charge in [-0.3, -0.25) is 9.59 Å². The molecule has 0 spiro atoms. The number of para-hydroxylation sites is 1. The molecule has 1 unspecified atom stereocenters. The van der Waals surface area contributed by atoms with E-state index in [0.717, 1.165) is 32.9 Å². The molecule has 0 aliphatic rings. The molecule has 2 N–H and O–H groups in total. The number of carbonyl (C=O) groups excluding carboxylic acids is 2. The minimum atomic E-state index is -0.241. The molecular weight excluding hydrogens is 360 g/mol. The highest BCUT2D eigenvalue weighted by atomic mass is 32.2. The second-order valence-corrected chi connectivity index (χ2v) is 7.73. The van der Waals surface area contributed by atoms with Crippen LogP contribution in [0.3, 0.4) is 0 Å². The number of anilines is 1. The maximum absolute atomic E-state index is 12.5. The van der Waals surface area contributed by atoms with Crippen LogP contribution in [0.2, 0.25) is 0 Å². The largest absolute Gasteiger partial charge is 0.461 e. The summed E-state index contributed by atoms with van der Waals surface area (Å²) in [6, 6.07) is 15.3. The Bertz CT molecular complexity index is 963. The van der Waals surface area contributed by atoms with Gasteiger partial charge in [0.15, 0.2) is 0 Å². The maximum Gasteiger partial charge on any atom is 0.233 e. The van der Waals surface area contributed by atoms with Crippen molar-refractivity contribution in [2.24, 2.45) is 0 Å². The van der Waals surface area contributed by atoms with Crippen molar-refractivity contribution in [3.05, 3.63) is 59.9 Å². The van der Waals surface area contributed by atoms with E-state index in [-0.39, 0.29) is 17.1 Å². The highest BCUT2D eigenvalue weighted by molar-refractivity contribution is 8.00. The van der Waals surface area contributed by atoms with Crippen LogP contribution < -0.4 is 10.6 Å². The van der Waals surface area contributed by atoms with Gasteiger partial charge in [0.05, 0.1) is 5.25 Å². The second kappa shape index (κ2) is 8.31. The van der Waals surface area contributed by atoms with Crippen LogP contribution in [0, 0.1) is 6.92 Å². The van der Waals surface area contributed by atoms with E-state index >= 15 is 0 Å². The van der Waals surface area contributed by atoms with E-state index in [9.17, 15) is 9.59 Å². The number of fused-ring (bicyclic) bond motifs is 1. The summed E-state index contributed by atoms with van der Waals surface area (Å²) in [5.74, 6) is 0.686. The van der Waals surface area contributed by atoms with Crippen molar-refractivity contribution in [2.45, 2.75) is 37.5 Å². The normalized spacial score (nSPS) is 12.0. The SMILES string of the molecule is CC(=O)Nc1ccc(SC(C)C(=O)NCc2c(C)oc3ccccc23)cc1. The van der Waals surface area contributed by atoms with Gasteiger partial charge < -0.3 is 15.1 Å². The molecule has 0 fully saturated rings. The number of benzene rings is 2. The lowest BCUT2D eigenvalue weighted by Gasteiger charge is -2.12. The highest BCUT2D eigenvalue weighted by Gasteiger charge is 2.16. The Kier molecular flexibility index (Phi) is 5.86. The number of nitrogens with one attached hydrogen (secondary N) is 2. The number of furan rings is 1. The Morgan fingerprint density at radius 2 is 1.81 bits per heavy atom. The first-order valence-corrected chi connectivity index (χ1v) is 9.61. The van der Waals surface area contributed by atoms with E-state index in [1.165, 1.54) is 18.7 Å². The topological polar surface area (TPSA) is 71.3 Å². The van der Waals surface area contributed by atoms with Crippen LogP contribution in [-0.2, 0) is 16.1 Å². The van der Waals surface area contributed by atoms with E-state index in [2.05, 4.69) is 10.6 Å². The van der Waals surface area contributed by atoms with E-state index in [4.69, 9.17) is 4.42 Å². The van der Waals surface area contributed by atoms with Gasteiger partial charge in [0, 0.05) is 35.0 Å². The second-order valence-electron chi connectivity index (χ2n) is 6.32. The van der Waals surface area contributed by atoms with E-state index < -0.39 is 0 Å². The molecule has 0 aliphatic heterocycles. The molecular formula is C21H22N2O3S. The summed E-state index contributed by atoms with van der Waals surface area (Å²) >= 11 is 1.48. The number of carbonyl (C=O) groups is 2. The number of aryl methyl sites for hydroxylation is 1. The number of rotatable bonds is 6. The molecule has 1 atom stereocenters. The zero-order valence-electron chi connectivity index (χ0n) is 15.5. The molecule has 0 saturated carbocycles. The van der Waals surface area contributed by atoms with Gasteiger partial charge in [-0.15, -0.1) is 11.8 Å². The average Bonchev–Trinajstić information content (AvgIpc) is 2.96. The van der Waals surface area contributed by atoms with Crippen LogP contribution in [-0.4, -0.2) is 17.1 Å². The van der Waals surface area contributed by atoms with Gasteiger partial charge in [0.1, 0.15) is 11.3 Å². The Labute approximate surface area is 162 Å². The molecule has 3 rings (SSSR count). The van der Waals surface area contributed by atoms with Crippen molar-refractivity contribution >= 4 is 40.2 Å². The van der Waals surface area contributed by atoms with Gasteiger partial charge in [0.2, 0.25) is 11.8 Å². The smallest absolute Gasteiger partial charge is 0.233 e. The van der Waals surface area contributed by atoms with Gasteiger partial charge in [-0.1, -0.05) is 18.2 Å². The van der Waals surface area contributed by atoms with Gasteiger partial charge in [-0.2, -0.15) is 0 Å². The molecule has 5 nitrogen and oxygen atoms in total. The van der Waals surface area contributed by atoms with Crippen molar-refractivity contribution in [2.75, 3.05) is 5.32 Å². The fraction of sp³-hybridized carbons (Fsp3) is 0.238. The third kappa shape index (κ3) is 4.71. The number of hydrogen-bond donors (Lipinski definition) is 2. The quantitative estimate of drug-likeness (QED) is 0.616. The summed E-state index contributed by atoms with van der Waals surface area (Å²) in [7, 11) is 0. The maximum atomic E-state index is 12.5. The average molecular weight is 382 g/mol.